The molecule has 0 amide bonds. The summed E-state index contributed by atoms with van der Waals surface area (Å²) in [6, 6.07) is 13.0. The second-order valence-corrected chi connectivity index (χ2v) is 6.06. The Kier molecular flexibility index (Phi) is 5.64. The number of alkyl halides is 2. The number of nitrogens with zero attached hydrogens (tertiary/aromatic N) is 3. The average Bonchev–Trinajstić information content (AvgIpc) is 2.63. The lowest BCUT2D eigenvalue weighted by Gasteiger charge is -2.36. The predicted molar refractivity (Wildman–Crippen MR) is 91.7 cm³/mol. The topological polar surface area (TPSA) is 39.5 Å². The third-order valence-corrected chi connectivity index (χ3v) is 4.34. The molecule has 7 heteroatoms. The summed E-state index contributed by atoms with van der Waals surface area (Å²) in [5.41, 5.74) is 1.82. The van der Waals surface area contributed by atoms with Crippen molar-refractivity contribution in [2.75, 3.05) is 31.1 Å². The SMILES string of the molecule is N#Cc1ccc(N2CCN(Cc3ccc(OC(F)F)cc3)CC2)c(F)c1. The Morgan fingerprint density at radius 3 is 2.31 bits per heavy atom. The second kappa shape index (κ2) is 8.11. The number of rotatable bonds is 5. The van der Waals surface area contributed by atoms with E-state index in [0.29, 0.717) is 30.9 Å². The number of benzene rings is 2. The van der Waals surface area contributed by atoms with Crippen molar-refractivity contribution in [2.45, 2.75) is 13.2 Å². The number of piperazine rings is 1. The van der Waals surface area contributed by atoms with Gasteiger partial charge < -0.3 is 9.64 Å². The minimum Gasteiger partial charge on any atom is -0.435 e. The molecule has 2 aromatic rings. The summed E-state index contributed by atoms with van der Waals surface area (Å²) in [4.78, 5) is 4.19. The summed E-state index contributed by atoms with van der Waals surface area (Å²) in [7, 11) is 0. The average molecular weight is 361 g/mol. The van der Waals surface area contributed by atoms with Gasteiger partial charge in [-0.2, -0.15) is 14.0 Å². The minimum atomic E-state index is -2.82. The molecule has 0 aliphatic carbocycles. The number of halogens is 3. The molecule has 1 fully saturated rings. The lowest BCUT2D eigenvalue weighted by Crippen LogP contribution is -2.46. The van der Waals surface area contributed by atoms with Crippen molar-refractivity contribution in [3.8, 4) is 11.8 Å². The van der Waals surface area contributed by atoms with E-state index >= 15 is 0 Å². The summed E-state index contributed by atoms with van der Waals surface area (Å²) >= 11 is 0. The zero-order chi connectivity index (χ0) is 18.5. The molecule has 136 valence electrons. The molecule has 0 aromatic heterocycles. The largest absolute Gasteiger partial charge is 0.435 e. The van der Waals surface area contributed by atoms with Crippen LogP contribution >= 0.6 is 0 Å². The molecule has 1 aliphatic rings. The summed E-state index contributed by atoms with van der Waals surface area (Å²) in [6.45, 7) is 0.740. The zero-order valence-corrected chi connectivity index (χ0v) is 14.0. The van der Waals surface area contributed by atoms with Crippen molar-refractivity contribution in [3.63, 3.8) is 0 Å². The van der Waals surface area contributed by atoms with Crippen molar-refractivity contribution in [2.24, 2.45) is 0 Å². The summed E-state index contributed by atoms with van der Waals surface area (Å²) < 4.78 is 42.8. The van der Waals surface area contributed by atoms with Gasteiger partial charge in [-0.15, -0.1) is 0 Å². The van der Waals surface area contributed by atoms with Gasteiger partial charge in [0.2, 0.25) is 0 Å². The fourth-order valence-electron chi connectivity index (χ4n) is 3.01. The highest BCUT2D eigenvalue weighted by Crippen LogP contribution is 2.23. The molecule has 1 heterocycles. The van der Waals surface area contributed by atoms with Crippen LogP contribution < -0.4 is 9.64 Å². The molecule has 0 spiro atoms. The second-order valence-electron chi connectivity index (χ2n) is 6.06. The maximum Gasteiger partial charge on any atom is 0.387 e. The molecule has 1 aliphatic heterocycles. The van der Waals surface area contributed by atoms with E-state index in [1.54, 1.807) is 24.3 Å². The molecule has 0 radical (unpaired) electrons. The Morgan fingerprint density at radius 2 is 1.73 bits per heavy atom. The molecular weight excluding hydrogens is 343 g/mol. The number of hydrogen-bond donors (Lipinski definition) is 0. The van der Waals surface area contributed by atoms with Gasteiger partial charge in [0.15, 0.2) is 0 Å². The third kappa shape index (κ3) is 4.46. The molecule has 0 bridgehead atoms. The Hall–Kier alpha value is -2.72. The predicted octanol–water partition coefficient (Wildman–Crippen LogP) is 3.62. The van der Waals surface area contributed by atoms with Gasteiger partial charge in [0.1, 0.15) is 11.6 Å². The highest BCUT2D eigenvalue weighted by molar-refractivity contribution is 5.51. The van der Waals surface area contributed by atoms with Crippen LogP contribution in [0.25, 0.3) is 0 Å². The van der Waals surface area contributed by atoms with E-state index in [4.69, 9.17) is 5.26 Å². The molecule has 26 heavy (non-hydrogen) atoms. The highest BCUT2D eigenvalue weighted by Gasteiger charge is 2.20. The van der Waals surface area contributed by atoms with Gasteiger partial charge in [0.05, 0.1) is 17.3 Å². The Balaban J connectivity index is 1.55. The Labute approximate surface area is 150 Å². The van der Waals surface area contributed by atoms with Gasteiger partial charge in [-0.25, -0.2) is 4.39 Å². The Bertz CT molecular complexity index is 782. The first-order valence-corrected chi connectivity index (χ1v) is 8.26. The Morgan fingerprint density at radius 1 is 1.04 bits per heavy atom. The van der Waals surface area contributed by atoms with Crippen molar-refractivity contribution < 1.29 is 17.9 Å². The minimum absolute atomic E-state index is 0.143. The molecule has 0 saturated carbocycles. The van der Waals surface area contributed by atoms with E-state index in [1.165, 1.54) is 18.2 Å². The van der Waals surface area contributed by atoms with Crippen molar-refractivity contribution in [1.82, 2.24) is 4.90 Å². The maximum absolute atomic E-state index is 14.1. The smallest absolute Gasteiger partial charge is 0.387 e. The van der Waals surface area contributed by atoms with E-state index in [1.807, 2.05) is 11.0 Å². The molecule has 2 aromatic carbocycles. The normalized spacial score (nSPS) is 15.1. The summed E-state index contributed by atoms with van der Waals surface area (Å²) in [6.07, 6.45) is 0. The first-order chi connectivity index (χ1) is 12.5. The summed E-state index contributed by atoms with van der Waals surface area (Å²) in [5, 5.41) is 8.82. The third-order valence-electron chi connectivity index (χ3n) is 4.34. The van der Waals surface area contributed by atoms with Crippen LogP contribution in [0.1, 0.15) is 11.1 Å². The van der Waals surface area contributed by atoms with Gasteiger partial charge in [0, 0.05) is 32.7 Å². The van der Waals surface area contributed by atoms with Crippen molar-refractivity contribution >= 4 is 5.69 Å². The first kappa shape index (κ1) is 18.1. The van der Waals surface area contributed by atoms with Crippen LogP contribution in [0.2, 0.25) is 0 Å². The van der Waals surface area contributed by atoms with Crippen LogP contribution in [0.4, 0.5) is 18.9 Å². The van der Waals surface area contributed by atoms with Gasteiger partial charge in [-0.3, -0.25) is 4.90 Å². The van der Waals surface area contributed by atoms with Gasteiger partial charge in [-0.1, -0.05) is 12.1 Å². The fourth-order valence-corrected chi connectivity index (χ4v) is 3.01. The van der Waals surface area contributed by atoms with Gasteiger partial charge >= 0.3 is 6.61 Å². The van der Waals surface area contributed by atoms with Crippen molar-refractivity contribution in [3.05, 3.63) is 59.4 Å². The molecule has 3 rings (SSSR count). The monoisotopic (exact) mass is 361 g/mol. The first-order valence-electron chi connectivity index (χ1n) is 8.26. The number of hydrogen-bond acceptors (Lipinski definition) is 4. The van der Waals surface area contributed by atoms with Crippen LogP contribution in [0.3, 0.4) is 0 Å². The van der Waals surface area contributed by atoms with E-state index in [9.17, 15) is 13.2 Å². The van der Waals surface area contributed by atoms with Crippen LogP contribution in [-0.2, 0) is 6.54 Å². The standard InChI is InChI=1S/C19H18F3N3O/c20-17-11-15(12-23)3-6-18(17)25-9-7-24(8-10-25)13-14-1-4-16(5-2-14)26-19(21)22/h1-6,11,19H,7-10,13H2. The van der Waals surface area contributed by atoms with Crippen LogP contribution in [0, 0.1) is 17.1 Å². The molecular formula is C19H18F3N3O. The number of ether oxygens (including phenoxy) is 1. The van der Waals surface area contributed by atoms with E-state index < -0.39 is 6.61 Å². The van der Waals surface area contributed by atoms with E-state index in [2.05, 4.69) is 9.64 Å². The van der Waals surface area contributed by atoms with E-state index in [0.717, 1.165) is 18.7 Å². The lowest BCUT2D eigenvalue weighted by molar-refractivity contribution is -0.0498. The number of nitriles is 1. The molecule has 4 nitrogen and oxygen atoms in total. The molecule has 0 atom stereocenters. The zero-order valence-electron chi connectivity index (χ0n) is 14.0. The van der Waals surface area contributed by atoms with Gasteiger partial charge in [-0.05, 0) is 35.9 Å². The molecule has 0 unspecified atom stereocenters. The molecule has 0 N–H and O–H groups in total. The number of anilines is 1. The highest BCUT2D eigenvalue weighted by atomic mass is 19.3. The van der Waals surface area contributed by atoms with Crippen LogP contribution in [0.15, 0.2) is 42.5 Å². The fraction of sp³-hybridized carbons (Fsp3) is 0.316. The van der Waals surface area contributed by atoms with Gasteiger partial charge in [0.25, 0.3) is 0 Å². The lowest BCUT2D eigenvalue weighted by atomic mass is 10.1. The van der Waals surface area contributed by atoms with Crippen molar-refractivity contribution in [1.29, 1.82) is 5.26 Å². The van der Waals surface area contributed by atoms with Crippen LogP contribution in [0.5, 0.6) is 5.75 Å². The van der Waals surface area contributed by atoms with E-state index in [-0.39, 0.29) is 11.6 Å². The molecule has 1 saturated heterocycles. The quantitative estimate of drug-likeness (QED) is 0.816. The summed E-state index contributed by atoms with van der Waals surface area (Å²) in [5.74, 6) is -0.239. The maximum atomic E-state index is 14.1. The van der Waals surface area contributed by atoms with Crippen LogP contribution in [-0.4, -0.2) is 37.7 Å².